The molecular formula is C13H12N2. The van der Waals surface area contributed by atoms with Crippen LogP contribution in [0.15, 0.2) is 30.6 Å². The van der Waals surface area contributed by atoms with E-state index in [1.165, 1.54) is 27.4 Å². The van der Waals surface area contributed by atoms with Gasteiger partial charge in [-0.2, -0.15) is 0 Å². The van der Waals surface area contributed by atoms with E-state index in [1.54, 1.807) is 0 Å². The number of H-pyrrole nitrogens is 1. The van der Waals surface area contributed by atoms with Crippen molar-refractivity contribution in [2.24, 2.45) is 0 Å². The van der Waals surface area contributed by atoms with Crippen molar-refractivity contribution in [2.45, 2.75) is 13.8 Å². The second-order valence-corrected chi connectivity index (χ2v) is 4.04. The molecule has 0 spiro atoms. The summed E-state index contributed by atoms with van der Waals surface area (Å²) in [6, 6.07) is 6.35. The van der Waals surface area contributed by atoms with Gasteiger partial charge in [-0.25, -0.2) is 0 Å². The molecule has 3 rings (SSSR count). The van der Waals surface area contributed by atoms with Crippen LogP contribution in [0.5, 0.6) is 0 Å². The Morgan fingerprint density at radius 2 is 2.00 bits per heavy atom. The summed E-state index contributed by atoms with van der Waals surface area (Å²) in [6.45, 7) is 4.20. The van der Waals surface area contributed by atoms with Crippen molar-refractivity contribution in [3.05, 3.63) is 41.7 Å². The molecule has 2 nitrogen and oxygen atoms in total. The maximum Gasteiger partial charge on any atom is 0.0723 e. The smallest absolute Gasteiger partial charge is 0.0723 e. The van der Waals surface area contributed by atoms with Crippen molar-refractivity contribution in [1.82, 2.24) is 9.97 Å². The minimum atomic E-state index is 1.05. The van der Waals surface area contributed by atoms with Gasteiger partial charge in [0, 0.05) is 23.2 Å². The van der Waals surface area contributed by atoms with Crippen LogP contribution in [-0.2, 0) is 0 Å². The number of pyridine rings is 1. The lowest BCUT2D eigenvalue weighted by Crippen LogP contribution is -1.82. The van der Waals surface area contributed by atoms with E-state index in [0.29, 0.717) is 0 Å². The molecule has 0 saturated heterocycles. The highest BCUT2D eigenvalue weighted by Crippen LogP contribution is 2.25. The van der Waals surface area contributed by atoms with Gasteiger partial charge < -0.3 is 4.98 Å². The molecule has 0 aliphatic rings. The van der Waals surface area contributed by atoms with Crippen molar-refractivity contribution >= 4 is 21.8 Å². The molecule has 2 heteroatoms. The molecule has 0 fully saturated rings. The quantitative estimate of drug-likeness (QED) is 0.587. The van der Waals surface area contributed by atoms with Crippen molar-refractivity contribution < 1.29 is 0 Å². The van der Waals surface area contributed by atoms with Crippen molar-refractivity contribution in [1.29, 1.82) is 0 Å². The van der Waals surface area contributed by atoms with Crippen molar-refractivity contribution in [2.75, 3.05) is 0 Å². The molecular weight excluding hydrogens is 184 g/mol. The fourth-order valence-corrected chi connectivity index (χ4v) is 2.02. The highest BCUT2D eigenvalue weighted by atomic mass is 14.7. The van der Waals surface area contributed by atoms with E-state index in [4.69, 9.17) is 0 Å². The van der Waals surface area contributed by atoms with E-state index in [-0.39, 0.29) is 0 Å². The molecule has 0 aliphatic carbocycles. The Balaban J connectivity index is 2.57. The van der Waals surface area contributed by atoms with E-state index in [0.717, 1.165) is 5.52 Å². The van der Waals surface area contributed by atoms with Crippen LogP contribution < -0.4 is 0 Å². The van der Waals surface area contributed by atoms with Gasteiger partial charge in [0.25, 0.3) is 0 Å². The minimum Gasteiger partial charge on any atom is -0.360 e. The molecule has 15 heavy (non-hydrogen) atoms. The summed E-state index contributed by atoms with van der Waals surface area (Å²) < 4.78 is 0. The van der Waals surface area contributed by atoms with Crippen molar-refractivity contribution in [3.63, 3.8) is 0 Å². The van der Waals surface area contributed by atoms with E-state index in [9.17, 15) is 0 Å². The molecule has 2 heterocycles. The van der Waals surface area contributed by atoms with Crippen LogP contribution in [-0.4, -0.2) is 9.97 Å². The standard InChI is InChI=1S/C13H12N2/c1-8-3-4-12-10(5-8)13-11(7-14-12)9(2)6-15-13/h3-7,15H,1-2H3. The third-order valence-corrected chi connectivity index (χ3v) is 2.88. The van der Waals surface area contributed by atoms with Gasteiger partial charge in [0.15, 0.2) is 0 Å². The van der Waals surface area contributed by atoms with Gasteiger partial charge in [0.2, 0.25) is 0 Å². The predicted molar refractivity (Wildman–Crippen MR) is 63.1 cm³/mol. The highest BCUT2D eigenvalue weighted by molar-refractivity contribution is 6.04. The Labute approximate surface area is 88.0 Å². The fraction of sp³-hybridized carbons (Fsp3) is 0.154. The molecule has 0 aliphatic heterocycles. The first-order valence-electron chi connectivity index (χ1n) is 5.09. The van der Waals surface area contributed by atoms with Gasteiger partial charge in [-0.05, 0) is 31.5 Å². The van der Waals surface area contributed by atoms with Gasteiger partial charge in [-0.3, -0.25) is 4.98 Å². The normalized spacial score (nSPS) is 11.3. The average Bonchev–Trinajstić information content (AvgIpc) is 2.61. The summed E-state index contributed by atoms with van der Waals surface area (Å²) in [5.74, 6) is 0. The number of rotatable bonds is 0. The number of aryl methyl sites for hydroxylation is 2. The van der Waals surface area contributed by atoms with Crippen LogP contribution in [0.25, 0.3) is 21.8 Å². The number of aromatic nitrogens is 2. The molecule has 1 N–H and O–H groups in total. The fourth-order valence-electron chi connectivity index (χ4n) is 2.02. The third-order valence-electron chi connectivity index (χ3n) is 2.88. The van der Waals surface area contributed by atoms with Crippen molar-refractivity contribution in [3.8, 4) is 0 Å². The zero-order valence-corrected chi connectivity index (χ0v) is 8.83. The van der Waals surface area contributed by atoms with E-state index < -0.39 is 0 Å². The number of hydrogen-bond acceptors (Lipinski definition) is 1. The molecule has 3 aromatic rings. The van der Waals surface area contributed by atoms with Gasteiger partial charge in [0.05, 0.1) is 11.0 Å². The van der Waals surface area contributed by atoms with Crippen LogP contribution in [0.2, 0.25) is 0 Å². The Bertz CT molecular complexity index is 650. The lowest BCUT2D eigenvalue weighted by Gasteiger charge is -2.00. The predicted octanol–water partition coefficient (Wildman–Crippen LogP) is 3.33. The van der Waals surface area contributed by atoms with Gasteiger partial charge in [-0.1, -0.05) is 11.6 Å². The summed E-state index contributed by atoms with van der Waals surface area (Å²) >= 11 is 0. The molecule has 74 valence electrons. The largest absolute Gasteiger partial charge is 0.360 e. The Kier molecular flexibility index (Phi) is 1.60. The highest BCUT2D eigenvalue weighted by Gasteiger charge is 2.04. The summed E-state index contributed by atoms with van der Waals surface area (Å²) in [6.07, 6.45) is 3.98. The zero-order chi connectivity index (χ0) is 10.4. The summed E-state index contributed by atoms with van der Waals surface area (Å²) in [4.78, 5) is 7.78. The summed E-state index contributed by atoms with van der Waals surface area (Å²) in [5.41, 5.74) is 4.76. The maximum atomic E-state index is 4.46. The van der Waals surface area contributed by atoms with Gasteiger partial charge in [-0.15, -0.1) is 0 Å². The first kappa shape index (κ1) is 8.48. The lowest BCUT2D eigenvalue weighted by molar-refractivity contribution is 1.41. The second-order valence-electron chi connectivity index (χ2n) is 4.04. The molecule has 2 aromatic heterocycles. The first-order chi connectivity index (χ1) is 7.25. The van der Waals surface area contributed by atoms with Crippen LogP contribution in [0.1, 0.15) is 11.1 Å². The molecule has 1 aromatic carbocycles. The second kappa shape index (κ2) is 2.83. The average molecular weight is 196 g/mol. The van der Waals surface area contributed by atoms with E-state index in [1.807, 2.05) is 12.4 Å². The summed E-state index contributed by atoms with van der Waals surface area (Å²) in [5, 5.41) is 2.42. The molecule has 0 unspecified atom stereocenters. The Hall–Kier alpha value is -1.83. The number of nitrogens with zero attached hydrogens (tertiary/aromatic N) is 1. The van der Waals surface area contributed by atoms with Crippen LogP contribution in [0, 0.1) is 13.8 Å². The van der Waals surface area contributed by atoms with E-state index >= 15 is 0 Å². The monoisotopic (exact) mass is 196 g/mol. The van der Waals surface area contributed by atoms with Crippen LogP contribution in [0.4, 0.5) is 0 Å². The molecule has 0 atom stereocenters. The zero-order valence-electron chi connectivity index (χ0n) is 8.83. The number of hydrogen-bond donors (Lipinski definition) is 1. The molecule has 0 bridgehead atoms. The van der Waals surface area contributed by atoms with Gasteiger partial charge in [0.1, 0.15) is 0 Å². The lowest BCUT2D eigenvalue weighted by atomic mass is 10.1. The van der Waals surface area contributed by atoms with E-state index in [2.05, 4.69) is 42.0 Å². The number of benzene rings is 1. The maximum absolute atomic E-state index is 4.46. The topological polar surface area (TPSA) is 28.7 Å². The molecule has 0 saturated carbocycles. The Morgan fingerprint density at radius 1 is 1.13 bits per heavy atom. The number of fused-ring (bicyclic) bond motifs is 3. The third kappa shape index (κ3) is 1.14. The number of aromatic amines is 1. The van der Waals surface area contributed by atoms with Crippen LogP contribution in [0.3, 0.4) is 0 Å². The molecule has 0 amide bonds. The first-order valence-corrected chi connectivity index (χ1v) is 5.09. The van der Waals surface area contributed by atoms with Gasteiger partial charge >= 0.3 is 0 Å². The Morgan fingerprint density at radius 3 is 2.87 bits per heavy atom. The minimum absolute atomic E-state index is 1.05. The molecule has 0 radical (unpaired) electrons. The summed E-state index contributed by atoms with van der Waals surface area (Å²) in [7, 11) is 0. The number of nitrogens with one attached hydrogen (secondary N) is 1. The SMILES string of the molecule is Cc1ccc2ncc3c(C)c[nH]c3c2c1. The van der Waals surface area contributed by atoms with Crippen LogP contribution >= 0.6 is 0 Å².